The van der Waals surface area contributed by atoms with Gasteiger partial charge >= 0.3 is 0 Å². The number of nitrogens with two attached hydrogens (primary N) is 1. The molecule has 1 fully saturated rings. The van der Waals surface area contributed by atoms with Gasteiger partial charge in [-0.2, -0.15) is 0 Å². The summed E-state index contributed by atoms with van der Waals surface area (Å²) in [5.41, 5.74) is 8.41. The summed E-state index contributed by atoms with van der Waals surface area (Å²) in [4.78, 5) is 11.7. The summed E-state index contributed by atoms with van der Waals surface area (Å²) >= 11 is 0. The average Bonchev–Trinajstić information content (AvgIpc) is 3.21. The van der Waals surface area contributed by atoms with E-state index in [-0.39, 0.29) is 17.9 Å². The molecule has 2 aliphatic carbocycles. The fraction of sp³-hybridized carbons (Fsp3) is 0.577. The summed E-state index contributed by atoms with van der Waals surface area (Å²) in [5.74, 6) is 0.942. The topological polar surface area (TPSA) is 83.5 Å². The van der Waals surface area contributed by atoms with E-state index in [4.69, 9.17) is 5.73 Å². The molecule has 0 radical (unpaired) electrons. The summed E-state index contributed by atoms with van der Waals surface area (Å²) < 4.78 is 0. The fourth-order valence-electron chi connectivity index (χ4n) is 5.31. The summed E-state index contributed by atoms with van der Waals surface area (Å²) in [6.45, 7) is 4.39. The number of carbonyl (C=O) groups excluding carboxylic acids is 1. The normalized spacial score (nSPS) is 27.8. The number of hydrogen-bond donors (Lipinski definition) is 3. The van der Waals surface area contributed by atoms with Crippen LogP contribution in [0.3, 0.4) is 0 Å². The highest BCUT2D eigenvalue weighted by molar-refractivity contribution is 5.94. The molecule has 0 heterocycles. The van der Waals surface area contributed by atoms with Crippen molar-refractivity contribution in [3.63, 3.8) is 0 Å². The zero-order valence-corrected chi connectivity index (χ0v) is 18.3. The van der Waals surface area contributed by atoms with Gasteiger partial charge in [-0.3, -0.25) is 4.79 Å². The Labute approximate surface area is 180 Å². The Hall–Kier alpha value is -1.91. The van der Waals surface area contributed by atoms with Crippen LogP contribution in [0, 0.1) is 23.7 Å². The quantitative estimate of drug-likeness (QED) is 0.499. The van der Waals surface area contributed by atoms with E-state index < -0.39 is 6.10 Å². The molecule has 30 heavy (non-hydrogen) atoms. The molecule has 1 saturated carbocycles. The number of carbonyl (C=O) groups is 1. The molecule has 2 aliphatic rings. The number of amides is 1. The summed E-state index contributed by atoms with van der Waals surface area (Å²) in [5, 5.41) is 21.0. The van der Waals surface area contributed by atoms with Crippen LogP contribution in [0.15, 0.2) is 48.1 Å². The average molecular weight is 412 g/mol. The molecule has 1 amide bonds. The molecule has 164 valence electrons. The van der Waals surface area contributed by atoms with Gasteiger partial charge < -0.3 is 15.9 Å². The minimum absolute atomic E-state index is 0.0794. The van der Waals surface area contributed by atoms with Crippen molar-refractivity contribution < 1.29 is 15.0 Å². The minimum atomic E-state index is -0.445. The Morgan fingerprint density at radius 1 is 1.33 bits per heavy atom. The monoisotopic (exact) mass is 411 g/mol. The van der Waals surface area contributed by atoms with Gasteiger partial charge in [0.25, 0.3) is 0 Å². The van der Waals surface area contributed by atoms with Gasteiger partial charge in [0.2, 0.25) is 5.91 Å². The second-order valence-electron chi connectivity index (χ2n) is 9.37. The zero-order valence-electron chi connectivity index (χ0n) is 18.3. The number of benzene rings is 1. The number of allylic oxidation sites excluding steroid dienone is 2. The lowest BCUT2D eigenvalue weighted by molar-refractivity contribution is 0.0999. The highest BCUT2D eigenvalue weighted by atomic mass is 16.3. The molecular formula is C26H37NO3. The first-order valence-electron chi connectivity index (χ1n) is 11.5. The summed E-state index contributed by atoms with van der Waals surface area (Å²) in [6.07, 6.45) is 12.2. The van der Waals surface area contributed by atoms with Crippen molar-refractivity contribution in [1.29, 1.82) is 0 Å². The summed E-state index contributed by atoms with van der Waals surface area (Å²) in [6, 6.07) is 7.53. The van der Waals surface area contributed by atoms with Crippen molar-refractivity contribution in [3.8, 4) is 0 Å². The first kappa shape index (κ1) is 22.8. The van der Waals surface area contributed by atoms with Crippen molar-refractivity contribution in [2.75, 3.05) is 0 Å². The maximum absolute atomic E-state index is 11.7. The highest BCUT2D eigenvalue weighted by Crippen LogP contribution is 2.48. The van der Waals surface area contributed by atoms with Crippen LogP contribution in [0.4, 0.5) is 0 Å². The maximum atomic E-state index is 11.7. The van der Waals surface area contributed by atoms with E-state index in [2.05, 4.69) is 26.0 Å². The van der Waals surface area contributed by atoms with Gasteiger partial charge in [0.15, 0.2) is 0 Å². The molecule has 1 aromatic rings. The van der Waals surface area contributed by atoms with Gasteiger partial charge in [-0.1, -0.05) is 75.1 Å². The van der Waals surface area contributed by atoms with Crippen LogP contribution in [-0.4, -0.2) is 28.3 Å². The number of aliphatic hydroxyl groups is 2. The molecule has 4 heteroatoms. The Balaban J connectivity index is 1.59. The van der Waals surface area contributed by atoms with E-state index in [1.807, 2.05) is 24.3 Å². The van der Waals surface area contributed by atoms with Crippen molar-refractivity contribution in [2.45, 2.75) is 71.0 Å². The van der Waals surface area contributed by atoms with Gasteiger partial charge in [-0.05, 0) is 55.1 Å². The van der Waals surface area contributed by atoms with E-state index in [1.165, 1.54) is 18.4 Å². The fourth-order valence-corrected chi connectivity index (χ4v) is 5.31. The molecule has 0 bridgehead atoms. The molecule has 6 atom stereocenters. The smallest absolute Gasteiger partial charge is 0.248 e. The number of aliphatic hydroxyl groups excluding tert-OH is 2. The Kier molecular flexibility index (Phi) is 7.90. The molecule has 1 aromatic carbocycles. The van der Waals surface area contributed by atoms with E-state index in [0.717, 1.165) is 37.7 Å². The highest BCUT2D eigenvalue weighted by Gasteiger charge is 2.43. The second-order valence-corrected chi connectivity index (χ2v) is 9.37. The lowest BCUT2D eigenvalue weighted by Crippen LogP contribution is -2.18. The van der Waals surface area contributed by atoms with Gasteiger partial charge in [-0.15, -0.1) is 0 Å². The van der Waals surface area contributed by atoms with Gasteiger partial charge in [0.05, 0.1) is 12.2 Å². The molecule has 0 unspecified atom stereocenters. The van der Waals surface area contributed by atoms with Crippen molar-refractivity contribution in [1.82, 2.24) is 0 Å². The van der Waals surface area contributed by atoms with Crippen LogP contribution in [0.1, 0.15) is 68.3 Å². The largest absolute Gasteiger partial charge is 0.392 e. The van der Waals surface area contributed by atoms with Crippen LogP contribution in [0.2, 0.25) is 0 Å². The number of rotatable bonds is 10. The number of unbranched alkanes of at least 4 members (excludes halogenated alkanes) is 1. The van der Waals surface area contributed by atoms with Crippen LogP contribution in [0.25, 0.3) is 0 Å². The Morgan fingerprint density at radius 3 is 2.83 bits per heavy atom. The van der Waals surface area contributed by atoms with Gasteiger partial charge in [-0.25, -0.2) is 0 Å². The predicted molar refractivity (Wildman–Crippen MR) is 121 cm³/mol. The third kappa shape index (κ3) is 5.61. The number of hydrogen-bond acceptors (Lipinski definition) is 3. The van der Waals surface area contributed by atoms with Crippen molar-refractivity contribution in [2.24, 2.45) is 29.4 Å². The predicted octanol–water partition coefficient (Wildman–Crippen LogP) is 4.40. The number of primary amides is 1. The van der Waals surface area contributed by atoms with E-state index >= 15 is 0 Å². The van der Waals surface area contributed by atoms with Crippen LogP contribution in [-0.2, 0) is 6.42 Å². The molecule has 4 nitrogen and oxygen atoms in total. The van der Waals surface area contributed by atoms with Crippen LogP contribution in [0.5, 0.6) is 0 Å². The summed E-state index contributed by atoms with van der Waals surface area (Å²) in [7, 11) is 0. The molecule has 0 aliphatic heterocycles. The lowest BCUT2D eigenvalue weighted by atomic mass is 9.87. The SMILES string of the molecule is CCCC[C@H](C)C[C@H](O)C=C[C@@H]1[C@H]2CC(Cc3ccccc3C(N)=O)=C[C@H]2C[C@H]1O. The Morgan fingerprint density at radius 2 is 2.10 bits per heavy atom. The van der Waals surface area contributed by atoms with Gasteiger partial charge in [0, 0.05) is 11.5 Å². The molecular weight excluding hydrogens is 374 g/mol. The maximum Gasteiger partial charge on any atom is 0.248 e. The van der Waals surface area contributed by atoms with E-state index in [0.29, 0.717) is 23.3 Å². The molecule has 0 saturated heterocycles. The third-order valence-corrected chi connectivity index (χ3v) is 6.90. The second kappa shape index (κ2) is 10.4. The van der Waals surface area contributed by atoms with Crippen molar-refractivity contribution in [3.05, 3.63) is 59.2 Å². The standard InChI is InChI=1S/C26H37NO3/c1-3-4-7-17(2)12-21(28)10-11-23-24-15-18(14-20(24)16-25(23)29)13-19-8-5-6-9-22(19)26(27)30/h5-6,8-11,14,17,20-21,23-25,28-29H,3-4,7,12-13,15-16H2,1-2H3,(H2,27,30)/t17-,20-,21+,23+,24-,25+/m0/s1. The minimum Gasteiger partial charge on any atom is -0.392 e. The lowest BCUT2D eigenvalue weighted by Gasteiger charge is -2.20. The van der Waals surface area contributed by atoms with Crippen molar-refractivity contribution >= 4 is 5.91 Å². The molecule has 4 N–H and O–H groups in total. The van der Waals surface area contributed by atoms with Gasteiger partial charge in [0.1, 0.15) is 0 Å². The molecule has 3 rings (SSSR count). The van der Waals surface area contributed by atoms with Crippen LogP contribution < -0.4 is 5.73 Å². The Bertz CT molecular complexity index is 784. The third-order valence-electron chi connectivity index (χ3n) is 6.90. The van der Waals surface area contributed by atoms with E-state index in [9.17, 15) is 15.0 Å². The zero-order chi connectivity index (χ0) is 21.7. The first-order chi connectivity index (χ1) is 14.4. The molecule has 0 spiro atoms. The first-order valence-corrected chi connectivity index (χ1v) is 11.5. The molecule has 0 aromatic heterocycles. The van der Waals surface area contributed by atoms with Crippen LogP contribution >= 0.6 is 0 Å². The number of fused-ring (bicyclic) bond motifs is 1. The van der Waals surface area contributed by atoms with E-state index in [1.54, 1.807) is 6.07 Å².